The molecule has 0 fully saturated rings. The number of hydrogen-bond acceptors (Lipinski definition) is 3. The molecule has 1 aromatic carbocycles. The van der Waals surface area contributed by atoms with E-state index in [9.17, 15) is 4.79 Å². The summed E-state index contributed by atoms with van der Waals surface area (Å²) in [7, 11) is 0. The maximum Gasteiger partial charge on any atom is 0.331 e. The van der Waals surface area contributed by atoms with Crippen LogP contribution in [0.3, 0.4) is 0 Å². The average molecular weight is 285 g/mol. The minimum absolute atomic E-state index is 0.158. The number of aliphatic hydroxyl groups excluding tert-OH is 1. The SMILES string of the molecule is CCOC(=O)C(C)(C)n1ccc2cc(C#CCO)ccc21. The van der Waals surface area contributed by atoms with Gasteiger partial charge in [-0.25, -0.2) is 4.79 Å². The number of carbonyl (C=O) groups is 1. The maximum absolute atomic E-state index is 12.1. The Morgan fingerprint density at radius 3 is 2.81 bits per heavy atom. The molecule has 0 saturated carbocycles. The summed E-state index contributed by atoms with van der Waals surface area (Å²) in [6.45, 7) is 5.68. The molecule has 0 aliphatic heterocycles. The summed E-state index contributed by atoms with van der Waals surface area (Å²) in [6, 6.07) is 7.69. The maximum atomic E-state index is 12.1. The molecule has 0 radical (unpaired) electrons. The lowest BCUT2D eigenvalue weighted by molar-refractivity contribution is -0.151. The average Bonchev–Trinajstić information content (AvgIpc) is 2.89. The Hall–Kier alpha value is -2.25. The standard InChI is InChI=1S/C17H19NO3/c1-4-21-16(20)17(2,3)18-10-9-14-12-13(6-5-11-19)7-8-15(14)18/h7-10,12,19H,4,11H2,1-3H3. The lowest BCUT2D eigenvalue weighted by Gasteiger charge is -2.25. The summed E-state index contributed by atoms with van der Waals surface area (Å²) < 4.78 is 7.05. The highest BCUT2D eigenvalue weighted by atomic mass is 16.5. The van der Waals surface area contributed by atoms with Crippen molar-refractivity contribution in [3.63, 3.8) is 0 Å². The summed E-state index contributed by atoms with van der Waals surface area (Å²) in [5.41, 5.74) is 1.02. The topological polar surface area (TPSA) is 51.5 Å². The van der Waals surface area contributed by atoms with Gasteiger partial charge in [0.1, 0.15) is 12.1 Å². The molecule has 4 nitrogen and oxygen atoms in total. The second kappa shape index (κ2) is 6.02. The van der Waals surface area contributed by atoms with Crippen LogP contribution in [0.25, 0.3) is 10.9 Å². The Morgan fingerprint density at radius 2 is 2.14 bits per heavy atom. The molecular weight excluding hydrogens is 266 g/mol. The molecule has 4 heteroatoms. The largest absolute Gasteiger partial charge is 0.464 e. The van der Waals surface area contributed by atoms with E-state index in [1.54, 1.807) is 6.92 Å². The van der Waals surface area contributed by atoms with Crippen LogP contribution in [0.5, 0.6) is 0 Å². The van der Waals surface area contributed by atoms with Crippen molar-refractivity contribution in [3.8, 4) is 11.8 Å². The summed E-state index contributed by atoms with van der Waals surface area (Å²) in [5, 5.41) is 9.73. The molecule has 1 aromatic heterocycles. The van der Waals surface area contributed by atoms with Crippen molar-refractivity contribution in [2.24, 2.45) is 0 Å². The van der Waals surface area contributed by atoms with Crippen molar-refractivity contribution in [2.45, 2.75) is 26.3 Å². The number of nitrogens with zero attached hydrogens (tertiary/aromatic N) is 1. The second-order valence-electron chi connectivity index (χ2n) is 5.20. The molecule has 0 spiro atoms. The van der Waals surface area contributed by atoms with Crippen LogP contribution >= 0.6 is 0 Å². The van der Waals surface area contributed by atoms with Crippen LogP contribution in [0, 0.1) is 11.8 Å². The predicted molar refractivity (Wildman–Crippen MR) is 81.9 cm³/mol. The number of rotatable bonds is 3. The van der Waals surface area contributed by atoms with Crippen LogP contribution in [0.4, 0.5) is 0 Å². The molecule has 0 aliphatic rings. The number of esters is 1. The molecule has 0 amide bonds. The van der Waals surface area contributed by atoms with Gasteiger partial charge in [-0.15, -0.1) is 0 Å². The lowest BCUT2D eigenvalue weighted by atomic mass is 10.1. The fourth-order valence-electron chi connectivity index (χ4n) is 2.26. The lowest BCUT2D eigenvalue weighted by Crippen LogP contribution is -2.36. The molecule has 0 bridgehead atoms. The van der Waals surface area contributed by atoms with Crippen LogP contribution in [0.15, 0.2) is 30.5 Å². The number of carbonyl (C=O) groups excluding carboxylic acids is 1. The minimum atomic E-state index is -0.768. The Labute approximate surface area is 124 Å². The summed E-state index contributed by atoms with van der Waals surface area (Å²) in [6.07, 6.45) is 1.88. The highest BCUT2D eigenvalue weighted by Gasteiger charge is 2.31. The minimum Gasteiger partial charge on any atom is -0.464 e. The van der Waals surface area contributed by atoms with E-state index in [1.165, 1.54) is 0 Å². The third-order valence-corrected chi connectivity index (χ3v) is 3.38. The number of ether oxygens (including phenoxy) is 1. The van der Waals surface area contributed by atoms with Crippen molar-refractivity contribution in [2.75, 3.05) is 13.2 Å². The molecule has 0 saturated heterocycles. The smallest absolute Gasteiger partial charge is 0.331 e. The number of fused-ring (bicyclic) bond motifs is 1. The Balaban J connectivity index is 2.45. The molecule has 0 unspecified atom stereocenters. The number of aromatic nitrogens is 1. The van der Waals surface area contributed by atoms with E-state index in [-0.39, 0.29) is 12.6 Å². The van der Waals surface area contributed by atoms with Gasteiger partial charge < -0.3 is 14.4 Å². The van der Waals surface area contributed by atoms with Gasteiger partial charge in [-0.1, -0.05) is 11.8 Å². The zero-order chi connectivity index (χ0) is 15.5. The number of hydrogen-bond donors (Lipinski definition) is 1. The van der Waals surface area contributed by atoms with E-state index in [0.29, 0.717) is 6.61 Å². The summed E-state index contributed by atoms with van der Waals surface area (Å²) in [5.74, 6) is 5.24. The van der Waals surface area contributed by atoms with Gasteiger partial charge >= 0.3 is 5.97 Å². The van der Waals surface area contributed by atoms with Gasteiger partial charge in [0.15, 0.2) is 0 Å². The first-order valence-corrected chi connectivity index (χ1v) is 6.89. The fraction of sp³-hybridized carbons (Fsp3) is 0.353. The van der Waals surface area contributed by atoms with Crippen molar-refractivity contribution in [3.05, 3.63) is 36.0 Å². The summed E-state index contributed by atoms with van der Waals surface area (Å²) >= 11 is 0. The fourth-order valence-corrected chi connectivity index (χ4v) is 2.26. The van der Waals surface area contributed by atoms with Crippen LogP contribution < -0.4 is 0 Å². The highest BCUT2D eigenvalue weighted by Crippen LogP contribution is 2.26. The van der Waals surface area contributed by atoms with E-state index in [2.05, 4.69) is 11.8 Å². The van der Waals surface area contributed by atoms with E-state index >= 15 is 0 Å². The third-order valence-electron chi connectivity index (χ3n) is 3.38. The molecule has 1 heterocycles. The van der Waals surface area contributed by atoms with E-state index in [1.807, 2.05) is 48.9 Å². The van der Waals surface area contributed by atoms with Crippen molar-refractivity contribution in [1.29, 1.82) is 0 Å². The van der Waals surface area contributed by atoms with Gasteiger partial charge in [-0.2, -0.15) is 0 Å². The number of benzene rings is 1. The van der Waals surface area contributed by atoms with Crippen LogP contribution in [0.1, 0.15) is 26.3 Å². The molecule has 110 valence electrons. The first-order chi connectivity index (χ1) is 10.0. The first kappa shape index (κ1) is 15.1. The zero-order valence-electron chi connectivity index (χ0n) is 12.5. The molecule has 0 aliphatic carbocycles. The zero-order valence-corrected chi connectivity index (χ0v) is 12.5. The first-order valence-electron chi connectivity index (χ1n) is 6.89. The quantitative estimate of drug-likeness (QED) is 0.695. The Morgan fingerprint density at radius 1 is 1.38 bits per heavy atom. The van der Waals surface area contributed by atoms with Crippen molar-refractivity contribution >= 4 is 16.9 Å². The van der Waals surface area contributed by atoms with Crippen LogP contribution in [0.2, 0.25) is 0 Å². The normalized spacial score (nSPS) is 11.0. The van der Waals surface area contributed by atoms with Gasteiger partial charge in [-0.05, 0) is 45.0 Å². The van der Waals surface area contributed by atoms with Gasteiger partial charge in [0, 0.05) is 22.7 Å². The van der Waals surface area contributed by atoms with E-state index in [4.69, 9.17) is 9.84 Å². The molecule has 21 heavy (non-hydrogen) atoms. The van der Waals surface area contributed by atoms with Gasteiger partial charge in [0.05, 0.1) is 6.61 Å². The molecule has 0 atom stereocenters. The summed E-state index contributed by atoms with van der Waals surface area (Å²) in [4.78, 5) is 12.1. The van der Waals surface area contributed by atoms with E-state index in [0.717, 1.165) is 16.5 Å². The van der Waals surface area contributed by atoms with Crippen molar-refractivity contribution < 1.29 is 14.6 Å². The van der Waals surface area contributed by atoms with E-state index < -0.39 is 5.54 Å². The third kappa shape index (κ3) is 2.93. The van der Waals surface area contributed by atoms with Crippen LogP contribution in [-0.2, 0) is 15.1 Å². The van der Waals surface area contributed by atoms with Crippen molar-refractivity contribution in [1.82, 2.24) is 4.57 Å². The van der Waals surface area contributed by atoms with Gasteiger partial charge in [0.2, 0.25) is 0 Å². The molecule has 2 rings (SSSR count). The van der Waals surface area contributed by atoms with Crippen LogP contribution in [-0.4, -0.2) is 28.9 Å². The highest BCUT2D eigenvalue weighted by molar-refractivity contribution is 5.86. The molecule has 2 aromatic rings. The van der Waals surface area contributed by atoms with Gasteiger partial charge in [0.25, 0.3) is 0 Å². The molecular formula is C17H19NO3. The monoisotopic (exact) mass is 285 g/mol. The number of aliphatic hydroxyl groups is 1. The van der Waals surface area contributed by atoms with Gasteiger partial charge in [-0.3, -0.25) is 0 Å². The Kier molecular flexibility index (Phi) is 4.35. The predicted octanol–water partition coefficient (Wildman–Crippen LogP) is 2.28. The Bertz CT molecular complexity index is 716. The second-order valence-corrected chi connectivity index (χ2v) is 5.20. The molecule has 1 N–H and O–H groups in total.